The number of hydrogen-bond donors (Lipinski definition) is 1. The predicted molar refractivity (Wildman–Crippen MR) is 152 cm³/mol. The molecule has 0 radical (unpaired) electrons. The molecule has 0 aliphatic rings. The highest BCUT2D eigenvalue weighted by Crippen LogP contribution is 2.29. The van der Waals surface area contributed by atoms with Gasteiger partial charge in [-0.3, -0.25) is 9.59 Å². The van der Waals surface area contributed by atoms with Crippen molar-refractivity contribution in [2.45, 2.75) is 52.6 Å². The van der Waals surface area contributed by atoms with E-state index < -0.39 is 6.04 Å². The lowest BCUT2D eigenvalue weighted by atomic mass is 10.0. The largest absolute Gasteiger partial charge is 0.490 e. The Balaban J connectivity index is 1.87. The van der Waals surface area contributed by atoms with Gasteiger partial charge in [0.1, 0.15) is 6.04 Å². The molecule has 38 heavy (non-hydrogen) atoms. The zero-order chi connectivity index (χ0) is 27.3. The van der Waals surface area contributed by atoms with E-state index in [9.17, 15) is 9.59 Å². The van der Waals surface area contributed by atoms with E-state index in [0.29, 0.717) is 55.7 Å². The van der Waals surface area contributed by atoms with Crippen molar-refractivity contribution in [1.29, 1.82) is 0 Å². The van der Waals surface area contributed by atoms with Gasteiger partial charge in [-0.15, -0.1) is 0 Å². The summed E-state index contributed by atoms with van der Waals surface area (Å²) in [6, 6.07) is 22.3. The fourth-order valence-electron chi connectivity index (χ4n) is 4.28. The average molecular weight is 537 g/mol. The monoisotopic (exact) mass is 536 g/mol. The van der Waals surface area contributed by atoms with E-state index in [1.807, 2.05) is 81.4 Å². The number of ether oxygens (including phenoxy) is 2. The number of amides is 2. The molecule has 7 heteroatoms. The van der Waals surface area contributed by atoms with Crippen molar-refractivity contribution in [2.24, 2.45) is 0 Å². The van der Waals surface area contributed by atoms with Gasteiger partial charge < -0.3 is 19.7 Å². The topological polar surface area (TPSA) is 67.9 Å². The van der Waals surface area contributed by atoms with E-state index in [1.165, 1.54) is 0 Å². The van der Waals surface area contributed by atoms with Crippen LogP contribution in [-0.4, -0.2) is 42.5 Å². The molecule has 202 valence electrons. The Hall–Kier alpha value is -3.51. The van der Waals surface area contributed by atoms with Crippen molar-refractivity contribution in [1.82, 2.24) is 10.2 Å². The molecule has 0 spiro atoms. The number of carbonyl (C=O) groups is 2. The third kappa shape index (κ3) is 8.52. The van der Waals surface area contributed by atoms with Gasteiger partial charge in [0.2, 0.25) is 11.8 Å². The van der Waals surface area contributed by atoms with Crippen LogP contribution in [0.25, 0.3) is 0 Å². The number of halogens is 1. The molecule has 1 atom stereocenters. The molecule has 3 aromatic carbocycles. The van der Waals surface area contributed by atoms with Gasteiger partial charge in [-0.05, 0) is 68.1 Å². The van der Waals surface area contributed by atoms with E-state index in [1.54, 1.807) is 17.0 Å². The molecular weight excluding hydrogens is 500 g/mol. The van der Waals surface area contributed by atoms with E-state index >= 15 is 0 Å². The predicted octanol–water partition coefficient (Wildman–Crippen LogP) is 5.85. The Morgan fingerprint density at radius 1 is 0.842 bits per heavy atom. The van der Waals surface area contributed by atoms with Gasteiger partial charge in [0.05, 0.1) is 13.2 Å². The Bertz CT molecular complexity index is 1170. The first-order valence-corrected chi connectivity index (χ1v) is 13.6. The number of likely N-dealkylation sites (N-methyl/N-ethyl adjacent to an activating group) is 1. The lowest BCUT2D eigenvalue weighted by Gasteiger charge is -2.31. The number of aryl methyl sites for hydroxylation is 1. The zero-order valence-corrected chi connectivity index (χ0v) is 23.2. The molecule has 0 unspecified atom stereocenters. The van der Waals surface area contributed by atoms with Gasteiger partial charge in [0.15, 0.2) is 11.5 Å². The summed E-state index contributed by atoms with van der Waals surface area (Å²) in [7, 11) is 0. The smallest absolute Gasteiger partial charge is 0.243 e. The number of carbonyl (C=O) groups excluding carboxylic acids is 2. The third-order valence-corrected chi connectivity index (χ3v) is 6.38. The minimum Gasteiger partial charge on any atom is -0.490 e. The van der Waals surface area contributed by atoms with E-state index in [4.69, 9.17) is 21.1 Å². The van der Waals surface area contributed by atoms with Crippen LogP contribution in [0.4, 0.5) is 0 Å². The van der Waals surface area contributed by atoms with Crippen LogP contribution in [0.15, 0.2) is 72.8 Å². The minimum absolute atomic E-state index is 0.0982. The molecule has 2 amide bonds. The van der Waals surface area contributed by atoms with Gasteiger partial charge in [-0.2, -0.15) is 0 Å². The van der Waals surface area contributed by atoms with Gasteiger partial charge in [0.25, 0.3) is 0 Å². The molecule has 0 aliphatic heterocycles. The molecule has 0 bridgehead atoms. The number of hydrogen-bond acceptors (Lipinski definition) is 4. The van der Waals surface area contributed by atoms with Crippen LogP contribution in [-0.2, 0) is 29.0 Å². The van der Waals surface area contributed by atoms with Crippen LogP contribution >= 0.6 is 11.6 Å². The fraction of sp³-hybridized carbons (Fsp3) is 0.355. The lowest BCUT2D eigenvalue weighted by Crippen LogP contribution is -2.50. The molecule has 0 saturated heterocycles. The van der Waals surface area contributed by atoms with Gasteiger partial charge in [-0.1, -0.05) is 60.1 Å². The van der Waals surface area contributed by atoms with Gasteiger partial charge >= 0.3 is 0 Å². The van der Waals surface area contributed by atoms with Crippen molar-refractivity contribution in [3.8, 4) is 11.5 Å². The Morgan fingerprint density at radius 3 is 2.16 bits per heavy atom. The maximum Gasteiger partial charge on any atom is 0.243 e. The number of rotatable bonds is 14. The van der Waals surface area contributed by atoms with Gasteiger partial charge in [0, 0.05) is 31.0 Å². The summed E-state index contributed by atoms with van der Waals surface area (Å²) in [4.78, 5) is 28.7. The van der Waals surface area contributed by atoms with E-state index in [-0.39, 0.29) is 18.2 Å². The average Bonchev–Trinajstić information content (AvgIpc) is 2.92. The minimum atomic E-state index is -0.653. The van der Waals surface area contributed by atoms with Crippen LogP contribution in [0, 0.1) is 0 Å². The summed E-state index contributed by atoms with van der Waals surface area (Å²) in [6.07, 6.45) is 1.18. The van der Waals surface area contributed by atoms with Crippen molar-refractivity contribution in [2.75, 3.05) is 19.8 Å². The summed E-state index contributed by atoms with van der Waals surface area (Å²) >= 11 is 6.09. The molecule has 1 N–H and O–H groups in total. The Labute approximate surface area is 230 Å². The zero-order valence-electron chi connectivity index (χ0n) is 22.4. The summed E-state index contributed by atoms with van der Waals surface area (Å²) < 4.78 is 11.4. The second kappa shape index (κ2) is 15.0. The highest BCUT2D eigenvalue weighted by molar-refractivity contribution is 6.30. The number of nitrogens with zero attached hydrogens (tertiary/aromatic N) is 1. The first kappa shape index (κ1) is 29.1. The standard InChI is InChI=1S/C31H37ClN2O4/c1-4-33-31(36)27(20-23-10-8-7-9-11-23)34(22-25-12-16-26(32)17-13-25)30(35)19-15-24-14-18-28(37-5-2)29(21-24)38-6-3/h7-14,16-18,21,27H,4-6,15,19-20,22H2,1-3H3,(H,33,36)/t27-/m0/s1. The van der Waals surface area contributed by atoms with Crippen LogP contribution < -0.4 is 14.8 Å². The van der Waals surface area contributed by atoms with Crippen LogP contribution in [0.1, 0.15) is 43.9 Å². The van der Waals surface area contributed by atoms with E-state index in [2.05, 4.69) is 5.32 Å². The fourth-order valence-corrected chi connectivity index (χ4v) is 4.40. The van der Waals surface area contributed by atoms with Crippen molar-refractivity contribution >= 4 is 23.4 Å². The highest BCUT2D eigenvalue weighted by atomic mass is 35.5. The molecule has 0 heterocycles. The lowest BCUT2D eigenvalue weighted by molar-refractivity contribution is -0.141. The third-order valence-electron chi connectivity index (χ3n) is 6.12. The molecule has 3 aromatic rings. The van der Waals surface area contributed by atoms with Crippen LogP contribution in [0.5, 0.6) is 11.5 Å². The molecule has 3 rings (SSSR count). The SMILES string of the molecule is CCNC(=O)[C@H](Cc1ccccc1)N(Cc1ccc(Cl)cc1)C(=O)CCc1ccc(OCC)c(OCC)c1. The second-order valence-electron chi connectivity index (χ2n) is 8.90. The maximum absolute atomic E-state index is 13.8. The molecule has 6 nitrogen and oxygen atoms in total. The summed E-state index contributed by atoms with van der Waals surface area (Å²) in [5.41, 5.74) is 2.87. The van der Waals surface area contributed by atoms with Crippen LogP contribution in [0.2, 0.25) is 5.02 Å². The van der Waals surface area contributed by atoms with Crippen molar-refractivity contribution < 1.29 is 19.1 Å². The van der Waals surface area contributed by atoms with E-state index in [0.717, 1.165) is 16.7 Å². The first-order valence-electron chi connectivity index (χ1n) is 13.2. The summed E-state index contributed by atoms with van der Waals surface area (Å²) in [5, 5.41) is 3.55. The quantitative estimate of drug-likeness (QED) is 0.281. The number of benzene rings is 3. The van der Waals surface area contributed by atoms with Crippen molar-refractivity contribution in [3.05, 3.63) is 94.5 Å². The number of nitrogens with one attached hydrogen (secondary N) is 1. The Morgan fingerprint density at radius 2 is 1.50 bits per heavy atom. The normalized spacial score (nSPS) is 11.5. The Kier molecular flexibility index (Phi) is 11.5. The van der Waals surface area contributed by atoms with Gasteiger partial charge in [-0.25, -0.2) is 0 Å². The molecule has 0 fully saturated rings. The molecule has 0 saturated carbocycles. The highest BCUT2D eigenvalue weighted by Gasteiger charge is 2.30. The van der Waals surface area contributed by atoms with Crippen molar-refractivity contribution in [3.63, 3.8) is 0 Å². The maximum atomic E-state index is 13.8. The summed E-state index contributed by atoms with van der Waals surface area (Å²) in [6.45, 7) is 7.58. The molecule has 0 aromatic heterocycles. The van der Waals surface area contributed by atoms with Crippen LogP contribution in [0.3, 0.4) is 0 Å². The first-order chi connectivity index (χ1) is 18.4. The second-order valence-corrected chi connectivity index (χ2v) is 9.33. The summed E-state index contributed by atoms with van der Waals surface area (Å²) in [5.74, 6) is 1.09. The molecular formula is C31H37ClN2O4. The molecule has 0 aliphatic carbocycles.